The molecule has 0 bridgehead atoms. The number of nitrogens with one attached hydrogen (secondary N) is 1. The first-order valence-corrected chi connectivity index (χ1v) is 9.48. The maximum Gasteiger partial charge on any atom is 0.234 e. The zero-order chi connectivity index (χ0) is 17.5. The monoisotopic (exact) mass is 346 g/mol. The molecule has 1 amide bonds. The average molecular weight is 346 g/mol. The standard InChI is InChI=1S/C20H30N2O3/c1-16-4-2-5-19(12-16)25-10-3-9-21-20(23)14-22(18-6-7-18)13-17-8-11-24-15-17/h2,4-5,12,17-18H,3,6-11,13-15H2,1H3,(H,21,23). The van der Waals surface area contributed by atoms with Crippen LogP contribution in [-0.2, 0) is 9.53 Å². The SMILES string of the molecule is Cc1cccc(OCCCNC(=O)CN(CC2CCOC2)C2CC2)c1. The van der Waals surface area contributed by atoms with Crippen LogP contribution in [0.1, 0.15) is 31.2 Å². The van der Waals surface area contributed by atoms with E-state index in [1.165, 1.54) is 18.4 Å². The zero-order valence-corrected chi connectivity index (χ0v) is 15.2. The van der Waals surface area contributed by atoms with Crippen LogP contribution >= 0.6 is 0 Å². The second kappa shape index (κ2) is 9.20. The van der Waals surface area contributed by atoms with E-state index in [0.29, 0.717) is 31.7 Å². The summed E-state index contributed by atoms with van der Waals surface area (Å²) in [6.07, 6.45) is 4.40. The molecule has 1 N–H and O–H groups in total. The van der Waals surface area contributed by atoms with Crippen LogP contribution in [0.15, 0.2) is 24.3 Å². The molecule has 5 heteroatoms. The number of hydrogen-bond donors (Lipinski definition) is 1. The minimum absolute atomic E-state index is 0.126. The predicted octanol–water partition coefficient (Wildman–Crippen LogP) is 2.38. The second-order valence-corrected chi connectivity index (χ2v) is 7.26. The average Bonchev–Trinajstić information content (AvgIpc) is 3.32. The molecule has 1 saturated carbocycles. The van der Waals surface area contributed by atoms with E-state index in [0.717, 1.165) is 38.3 Å². The molecule has 2 fully saturated rings. The quantitative estimate of drug-likeness (QED) is 0.661. The Morgan fingerprint density at radius 2 is 2.24 bits per heavy atom. The van der Waals surface area contributed by atoms with E-state index in [4.69, 9.17) is 9.47 Å². The van der Waals surface area contributed by atoms with Gasteiger partial charge in [0.2, 0.25) is 5.91 Å². The molecule has 0 radical (unpaired) electrons. The molecule has 1 heterocycles. The van der Waals surface area contributed by atoms with Crippen LogP contribution in [0.3, 0.4) is 0 Å². The molecule has 1 atom stereocenters. The van der Waals surface area contributed by atoms with E-state index < -0.39 is 0 Å². The number of carbonyl (C=O) groups is 1. The molecule has 5 nitrogen and oxygen atoms in total. The lowest BCUT2D eigenvalue weighted by atomic mass is 10.1. The van der Waals surface area contributed by atoms with Gasteiger partial charge in [0.15, 0.2) is 0 Å². The van der Waals surface area contributed by atoms with Crippen molar-refractivity contribution in [3.05, 3.63) is 29.8 Å². The molecule has 1 saturated heterocycles. The highest BCUT2D eigenvalue weighted by Gasteiger charge is 2.32. The van der Waals surface area contributed by atoms with Gasteiger partial charge >= 0.3 is 0 Å². The number of amides is 1. The van der Waals surface area contributed by atoms with E-state index in [1.54, 1.807) is 0 Å². The Hall–Kier alpha value is -1.59. The van der Waals surface area contributed by atoms with Gasteiger partial charge < -0.3 is 14.8 Å². The third kappa shape index (κ3) is 6.33. The maximum absolute atomic E-state index is 12.2. The van der Waals surface area contributed by atoms with Gasteiger partial charge in [-0.2, -0.15) is 0 Å². The van der Waals surface area contributed by atoms with Gasteiger partial charge in [0.1, 0.15) is 5.75 Å². The number of nitrogens with zero attached hydrogens (tertiary/aromatic N) is 1. The largest absolute Gasteiger partial charge is 0.494 e. The van der Waals surface area contributed by atoms with E-state index in [2.05, 4.69) is 23.2 Å². The summed E-state index contributed by atoms with van der Waals surface area (Å²) in [6.45, 7) is 6.56. The van der Waals surface area contributed by atoms with Crippen LogP contribution in [0, 0.1) is 12.8 Å². The first-order valence-electron chi connectivity index (χ1n) is 9.48. The topological polar surface area (TPSA) is 50.8 Å². The van der Waals surface area contributed by atoms with Crippen molar-refractivity contribution in [2.24, 2.45) is 5.92 Å². The van der Waals surface area contributed by atoms with Crippen LogP contribution in [0.5, 0.6) is 5.75 Å². The number of carbonyl (C=O) groups excluding carboxylic acids is 1. The summed E-state index contributed by atoms with van der Waals surface area (Å²) in [7, 11) is 0. The number of benzene rings is 1. The number of aryl methyl sites for hydroxylation is 1. The smallest absolute Gasteiger partial charge is 0.234 e. The molecule has 0 spiro atoms. The first kappa shape index (κ1) is 18.2. The van der Waals surface area contributed by atoms with Crippen molar-refractivity contribution in [2.45, 2.75) is 38.6 Å². The van der Waals surface area contributed by atoms with Crippen molar-refractivity contribution in [2.75, 3.05) is 39.5 Å². The fourth-order valence-corrected chi connectivity index (χ4v) is 3.28. The van der Waals surface area contributed by atoms with Crippen molar-refractivity contribution in [3.63, 3.8) is 0 Å². The minimum Gasteiger partial charge on any atom is -0.494 e. The van der Waals surface area contributed by atoms with E-state index in [1.807, 2.05) is 18.2 Å². The zero-order valence-electron chi connectivity index (χ0n) is 15.2. The van der Waals surface area contributed by atoms with Gasteiger partial charge in [-0.3, -0.25) is 9.69 Å². The van der Waals surface area contributed by atoms with Crippen molar-refractivity contribution >= 4 is 5.91 Å². The summed E-state index contributed by atoms with van der Waals surface area (Å²) < 4.78 is 11.2. The van der Waals surface area contributed by atoms with Crippen LogP contribution in [0.25, 0.3) is 0 Å². The molecule has 0 aromatic heterocycles. The first-order chi connectivity index (χ1) is 12.2. The van der Waals surface area contributed by atoms with Crippen LogP contribution in [0.4, 0.5) is 0 Å². The Morgan fingerprint density at radius 1 is 1.36 bits per heavy atom. The normalized spacial score (nSPS) is 20.0. The summed E-state index contributed by atoms with van der Waals surface area (Å²) in [6, 6.07) is 8.64. The molecule has 25 heavy (non-hydrogen) atoms. The summed E-state index contributed by atoms with van der Waals surface area (Å²) >= 11 is 0. The van der Waals surface area contributed by atoms with Gasteiger partial charge in [0.05, 0.1) is 19.8 Å². The van der Waals surface area contributed by atoms with Crippen molar-refractivity contribution < 1.29 is 14.3 Å². The molecule has 3 rings (SSSR count). The number of rotatable bonds is 10. The number of hydrogen-bond acceptors (Lipinski definition) is 4. The van der Waals surface area contributed by atoms with Crippen molar-refractivity contribution in [1.82, 2.24) is 10.2 Å². The summed E-state index contributed by atoms with van der Waals surface area (Å²) in [4.78, 5) is 14.6. The van der Waals surface area contributed by atoms with Gasteiger partial charge in [-0.25, -0.2) is 0 Å². The Bertz CT molecular complexity index is 554. The minimum atomic E-state index is 0.126. The maximum atomic E-state index is 12.2. The lowest BCUT2D eigenvalue weighted by Crippen LogP contribution is -2.41. The van der Waals surface area contributed by atoms with Crippen LogP contribution < -0.4 is 10.1 Å². The fourth-order valence-electron chi connectivity index (χ4n) is 3.28. The van der Waals surface area contributed by atoms with E-state index in [9.17, 15) is 4.79 Å². The Kier molecular flexibility index (Phi) is 6.70. The fraction of sp³-hybridized carbons (Fsp3) is 0.650. The lowest BCUT2D eigenvalue weighted by molar-refractivity contribution is -0.122. The molecule has 138 valence electrons. The Labute approximate surface area is 150 Å². The van der Waals surface area contributed by atoms with Crippen LogP contribution in [0.2, 0.25) is 0 Å². The molecule has 1 aromatic carbocycles. The molecular formula is C20H30N2O3. The third-order valence-electron chi connectivity index (χ3n) is 4.83. The molecule has 1 aliphatic heterocycles. The summed E-state index contributed by atoms with van der Waals surface area (Å²) in [5.74, 6) is 1.61. The lowest BCUT2D eigenvalue weighted by Gasteiger charge is -2.24. The van der Waals surface area contributed by atoms with Gasteiger partial charge in [-0.15, -0.1) is 0 Å². The molecule has 2 aliphatic rings. The van der Waals surface area contributed by atoms with Crippen molar-refractivity contribution in [3.8, 4) is 5.75 Å². The number of ether oxygens (including phenoxy) is 2. The molecule has 1 unspecified atom stereocenters. The van der Waals surface area contributed by atoms with Gasteiger partial charge in [-0.1, -0.05) is 12.1 Å². The summed E-state index contributed by atoms with van der Waals surface area (Å²) in [5.41, 5.74) is 1.19. The molecule has 1 aromatic rings. The Balaban J connectivity index is 1.30. The second-order valence-electron chi connectivity index (χ2n) is 7.26. The molecular weight excluding hydrogens is 316 g/mol. The summed E-state index contributed by atoms with van der Waals surface area (Å²) in [5, 5.41) is 3.03. The Morgan fingerprint density at radius 3 is 2.96 bits per heavy atom. The van der Waals surface area contributed by atoms with E-state index in [-0.39, 0.29) is 5.91 Å². The van der Waals surface area contributed by atoms with Gasteiger partial charge in [-0.05, 0) is 56.2 Å². The van der Waals surface area contributed by atoms with Crippen molar-refractivity contribution in [1.29, 1.82) is 0 Å². The highest BCUT2D eigenvalue weighted by molar-refractivity contribution is 5.78. The van der Waals surface area contributed by atoms with Gasteiger partial charge in [0, 0.05) is 25.7 Å². The highest BCUT2D eigenvalue weighted by atomic mass is 16.5. The van der Waals surface area contributed by atoms with Gasteiger partial charge in [0.25, 0.3) is 0 Å². The molecule has 1 aliphatic carbocycles. The third-order valence-corrected chi connectivity index (χ3v) is 4.83. The van der Waals surface area contributed by atoms with E-state index >= 15 is 0 Å². The van der Waals surface area contributed by atoms with Crippen LogP contribution in [-0.4, -0.2) is 56.3 Å². The highest BCUT2D eigenvalue weighted by Crippen LogP contribution is 2.28. The predicted molar refractivity (Wildman–Crippen MR) is 97.8 cm³/mol.